The second-order valence-electron chi connectivity index (χ2n) is 8.03. The molecule has 38 heavy (non-hydrogen) atoms. The number of ketones is 1. The number of non-ortho nitro benzene ring substituents is 1. The third-order valence-electron chi connectivity index (χ3n) is 5.48. The van der Waals surface area contributed by atoms with Crippen LogP contribution >= 0.6 is 11.6 Å². The van der Waals surface area contributed by atoms with Crippen molar-refractivity contribution in [3.63, 3.8) is 0 Å². The van der Waals surface area contributed by atoms with E-state index in [1.165, 1.54) is 60.7 Å². The molecule has 4 aromatic rings. The van der Waals surface area contributed by atoms with E-state index >= 15 is 0 Å². The van der Waals surface area contributed by atoms with Crippen molar-refractivity contribution < 1.29 is 22.9 Å². The molecule has 0 spiro atoms. The van der Waals surface area contributed by atoms with Crippen LogP contribution in [-0.4, -0.2) is 31.6 Å². The van der Waals surface area contributed by atoms with Crippen LogP contribution in [-0.2, 0) is 14.8 Å². The number of benzene rings is 4. The third kappa shape index (κ3) is 5.88. The molecule has 11 heteroatoms. The van der Waals surface area contributed by atoms with E-state index in [9.17, 15) is 28.1 Å². The minimum absolute atomic E-state index is 0.0742. The largest absolute Gasteiger partial charge is 0.324 e. The molecule has 4 aromatic carbocycles. The number of nitrogens with one attached hydrogen (secondary N) is 1. The Labute approximate surface area is 223 Å². The number of hydrogen-bond acceptors (Lipinski definition) is 6. The van der Waals surface area contributed by atoms with Crippen molar-refractivity contribution >= 4 is 50.4 Å². The van der Waals surface area contributed by atoms with Crippen LogP contribution in [0.25, 0.3) is 0 Å². The van der Waals surface area contributed by atoms with Gasteiger partial charge in [0.1, 0.15) is 6.54 Å². The topological polar surface area (TPSA) is 127 Å². The Balaban J connectivity index is 1.70. The van der Waals surface area contributed by atoms with Crippen LogP contribution in [0.5, 0.6) is 0 Å². The monoisotopic (exact) mass is 549 g/mol. The summed E-state index contributed by atoms with van der Waals surface area (Å²) >= 11 is 6.11. The van der Waals surface area contributed by atoms with Gasteiger partial charge in [0.2, 0.25) is 5.91 Å². The van der Waals surface area contributed by atoms with Crippen LogP contribution in [0.4, 0.5) is 17.1 Å². The summed E-state index contributed by atoms with van der Waals surface area (Å²) in [6.45, 7) is -0.722. The fourth-order valence-corrected chi connectivity index (χ4v) is 5.28. The van der Waals surface area contributed by atoms with E-state index in [-0.39, 0.29) is 32.5 Å². The van der Waals surface area contributed by atoms with E-state index in [1.54, 1.807) is 36.4 Å². The normalized spacial score (nSPS) is 11.0. The summed E-state index contributed by atoms with van der Waals surface area (Å²) in [7, 11) is -4.30. The van der Waals surface area contributed by atoms with Gasteiger partial charge in [-0.1, -0.05) is 66.2 Å². The van der Waals surface area contributed by atoms with Gasteiger partial charge in [0, 0.05) is 28.3 Å². The Hall–Kier alpha value is -4.54. The van der Waals surface area contributed by atoms with Crippen molar-refractivity contribution in [1.29, 1.82) is 0 Å². The molecule has 1 N–H and O–H groups in total. The summed E-state index contributed by atoms with van der Waals surface area (Å²) < 4.78 is 27.8. The van der Waals surface area contributed by atoms with Crippen molar-refractivity contribution in [1.82, 2.24) is 0 Å². The third-order valence-corrected chi connectivity index (χ3v) is 7.51. The van der Waals surface area contributed by atoms with Crippen LogP contribution in [0.15, 0.2) is 108 Å². The number of carbonyl (C=O) groups excluding carboxylic acids is 2. The van der Waals surface area contributed by atoms with Gasteiger partial charge in [-0.3, -0.25) is 24.0 Å². The first-order valence-electron chi connectivity index (χ1n) is 11.2. The van der Waals surface area contributed by atoms with Crippen molar-refractivity contribution in [2.45, 2.75) is 4.90 Å². The molecule has 192 valence electrons. The fraction of sp³-hybridized carbons (Fsp3) is 0.0370. The molecule has 0 aliphatic rings. The molecule has 0 aliphatic carbocycles. The molecule has 0 saturated carbocycles. The van der Waals surface area contributed by atoms with Crippen LogP contribution in [0.2, 0.25) is 5.02 Å². The lowest BCUT2D eigenvalue weighted by Gasteiger charge is -2.24. The van der Waals surface area contributed by atoms with E-state index in [4.69, 9.17) is 11.6 Å². The SMILES string of the molecule is O=C(CN(c1cccc([N+](=O)[O-])c1)S(=O)(=O)c1ccccc1)Nc1ccc(Cl)cc1C(=O)c1ccccc1. The molecular weight excluding hydrogens is 530 g/mol. The number of nitro benzene ring substituents is 1. The molecule has 0 heterocycles. The Morgan fingerprint density at radius 1 is 0.868 bits per heavy atom. The van der Waals surface area contributed by atoms with Gasteiger partial charge in [-0.25, -0.2) is 8.42 Å². The highest BCUT2D eigenvalue weighted by atomic mass is 35.5. The molecule has 0 aromatic heterocycles. The molecule has 4 rings (SSSR count). The number of nitrogens with zero attached hydrogens (tertiary/aromatic N) is 2. The summed E-state index contributed by atoms with van der Waals surface area (Å²) in [6.07, 6.45) is 0. The highest BCUT2D eigenvalue weighted by Gasteiger charge is 2.29. The minimum atomic E-state index is -4.30. The van der Waals surface area contributed by atoms with Gasteiger partial charge < -0.3 is 5.32 Å². The zero-order chi connectivity index (χ0) is 27.3. The molecule has 1 amide bonds. The van der Waals surface area contributed by atoms with Gasteiger partial charge in [-0.2, -0.15) is 0 Å². The number of sulfonamides is 1. The van der Waals surface area contributed by atoms with Gasteiger partial charge in [-0.15, -0.1) is 0 Å². The first-order chi connectivity index (χ1) is 18.2. The van der Waals surface area contributed by atoms with Crippen molar-refractivity contribution in [2.75, 3.05) is 16.2 Å². The first kappa shape index (κ1) is 26.5. The van der Waals surface area contributed by atoms with Gasteiger partial charge in [0.15, 0.2) is 5.78 Å². The van der Waals surface area contributed by atoms with E-state index in [0.29, 0.717) is 5.56 Å². The zero-order valence-corrected chi connectivity index (χ0v) is 21.2. The molecule has 0 fully saturated rings. The number of carbonyl (C=O) groups is 2. The van der Waals surface area contributed by atoms with Gasteiger partial charge in [-0.05, 0) is 36.4 Å². The molecule has 0 unspecified atom stereocenters. The number of anilines is 2. The quantitative estimate of drug-likeness (QED) is 0.171. The Morgan fingerprint density at radius 2 is 1.53 bits per heavy atom. The molecule has 9 nitrogen and oxygen atoms in total. The lowest BCUT2D eigenvalue weighted by Crippen LogP contribution is -2.38. The summed E-state index contributed by atoms with van der Waals surface area (Å²) in [6, 6.07) is 25.1. The lowest BCUT2D eigenvalue weighted by atomic mass is 10.0. The number of amides is 1. The predicted molar refractivity (Wildman–Crippen MR) is 144 cm³/mol. The highest BCUT2D eigenvalue weighted by Crippen LogP contribution is 2.28. The summed E-state index contributed by atoms with van der Waals surface area (Å²) in [5.41, 5.74) is 0.198. The summed E-state index contributed by atoms with van der Waals surface area (Å²) in [4.78, 5) is 36.9. The van der Waals surface area contributed by atoms with Crippen molar-refractivity contribution in [3.05, 3.63) is 129 Å². The Morgan fingerprint density at radius 3 is 2.18 bits per heavy atom. The number of rotatable bonds is 9. The van der Waals surface area contributed by atoms with E-state index in [0.717, 1.165) is 10.4 Å². The molecule has 0 bridgehead atoms. The summed E-state index contributed by atoms with van der Waals surface area (Å²) in [5.74, 6) is -1.17. The Bertz CT molecular complexity index is 1610. The smallest absolute Gasteiger partial charge is 0.271 e. The van der Waals surface area contributed by atoms with Crippen LogP contribution in [0, 0.1) is 10.1 Å². The average molecular weight is 550 g/mol. The number of hydrogen-bond donors (Lipinski definition) is 1. The van der Waals surface area contributed by atoms with Gasteiger partial charge in [0.05, 0.1) is 21.2 Å². The maximum atomic E-state index is 13.5. The first-order valence-corrected chi connectivity index (χ1v) is 13.0. The minimum Gasteiger partial charge on any atom is -0.324 e. The van der Waals surface area contributed by atoms with E-state index in [2.05, 4.69) is 5.32 Å². The second kappa shape index (κ2) is 11.2. The van der Waals surface area contributed by atoms with Crippen molar-refractivity contribution in [2.24, 2.45) is 0 Å². The number of halogens is 1. The van der Waals surface area contributed by atoms with E-state index < -0.39 is 33.2 Å². The van der Waals surface area contributed by atoms with Crippen LogP contribution in [0.1, 0.15) is 15.9 Å². The highest BCUT2D eigenvalue weighted by molar-refractivity contribution is 7.92. The fourth-order valence-electron chi connectivity index (χ4n) is 3.67. The summed E-state index contributed by atoms with van der Waals surface area (Å²) in [5, 5.41) is 14.2. The maximum absolute atomic E-state index is 13.5. The maximum Gasteiger partial charge on any atom is 0.271 e. The van der Waals surface area contributed by atoms with Crippen molar-refractivity contribution in [3.8, 4) is 0 Å². The second-order valence-corrected chi connectivity index (χ2v) is 10.3. The molecule has 0 saturated heterocycles. The van der Waals surface area contributed by atoms with Crippen LogP contribution in [0.3, 0.4) is 0 Å². The predicted octanol–water partition coefficient (Wildman–Crippen LogP) is 5.31. The van der Waals surface area contributed by atoms with Gasteiger partial charge >= 0.3 is 0 Å². The molecule has 0 aliphatic heterocycles. The van der Waals surface area contributed by atoms with Crippen LogP contribution < -0.4 is 9.62 Å². The number of nitro groups is 1. The zero-order valence-electron chi connectivity index (χ0n) is 19.7. The standard InChI is InChI=1S/C27H20ClN3O6S/c28-20-14-15-25(24(16-20)27(33)19-8-3-1-4-9-19)29-26(32)18-30(21-10-7-11-22(17-21)31(34)35)38(36,37)23-12-5-2-6-13-23/h1-17H,18H2,(H,29,32). The molecule has 0 radical (unpaired) electrons. The average Bonchev–Trinajstić information content (AvgIpc) is 2.93. The van der Waals surface area contributed by atoms with E-state index in [1.807, 2.05) is 0 Å². The molecule has 0 atom stereocenters. The molecular formula is C27H20ClN3O6S. The lowest BCUT2D eigenvalue weighted by molar-refractivity contribution is -0.384. The van der Waals surface area contributed by atoms with Gasteiger partial charge in [0.25, 0.3) is 15.7 Å². The Kier molecular flexibility index (Phi) is 7.85.